The van der Waals surface area contributed by atoms with Crippen molar-refractivity contribution in [1.82, 2.24) is 4.98 Å². The number of nitrogen functional groups attached to an aromatic ring is 1. The summed E-state index contributed by atoms with van der Waals surface area (Å²) in [7, 11) is 1.38. The van der Waals surface area contributed by atoms with E-state index < -0.39 is 0 Å². The number of nitrogens with zero attached hydrogens (tertiary/aromatic N) is 2. The van der Waals surface area contributed by atoms with Gasteiger partial charge in [0.15, 0.2) is 5.82 Å². The van der Waals surface area contributed by atoms with E-state index >= 15 is 0 Å². The first-order valence-corrected chi connectivity index (χ1v) is 6.26. The van der Waals surface area contributed by atoms with Gasteiger partial charge in [-0.15, -0.1) is 0 Å². The Balaban J connectivity index is 2.08. The molecule has 1 aliphatic rings. The van der Waals surface area contributed by atoms with Crippen LogP contribution in [0.15, 0.2) is 12.3 Å². The van der Waals surface area contributed by atoms with Crippen LogP contribution in [0.3, 0.4) is 0 Å². The fourth-order valence-corrected chi connectivity index (χ4v) is 2.11. The third-order valence-electron chi connectivity index (χ3n) is 3.25. The second kappa shape index (κ2) is 5.88. The molecule has 1 fully saturated rings. The first-order valence-electron chi connectivity index (χ1n) is 6.26. The molecule has 0 aromatic carbocycles. The van der Waals surface area contributed by atoms with Crippen molar-refractivity contribution in [2.75, 3.05) is 37.4 Å². The number of rotatable bonds is 3. The van der Waals surface area contributed by atoms with Gasteiger partial charge in [0, 0.05) is 19.3 Å². The summed E-state index contributed by atoms with van der Waals surface area (Å²) < 4.78 is 10.2. The zero-order chi connectivity index (χ0) is 13.8. The third kappa shape index (κ3) is 3.14. The second-order valence-corrected chi connectivity index (χ2v) is 4.58. The molecular formula is C13H19N3O3. The number of esters is 1. The lowest BCUT2D eigenvalue weighted by Crippen LogP contribution is -2.44. The first-order chi connectivity index (χ1) is 9.11. The summed E-state index contributed by atoms with van der Waals surface area (Å²) in [5.41, 5.74) is 7.73. The number of anilines is 2. The number of carbonyl (C=O) groups excluding carboxylic acids is 1. The van der Waals surface area contributed by atoms with Gasteiger partial charge in [-0.25, -0.2) is 4.98 Å². The molecule has 104 valence electrons. The maximum absolute atomic E-state index is 11.3. The lowest BCUT2D eigenvalue weighted by atomic mass is 10.2. The van der Waals surface area contributed by atoms with Gasteiger partial charge in [-0.1, -0.05) is 0 Å². The first kappa shape index (κ1) is 13.6. The fraction of sp³-hybridized carbons (Fsp3) is 0.538. The summed E-state index contributed by atoms with van der Waals surface area (Å²) in [4.78, 5) is 17.7. The predicted molar refractivity (Wildman–Crippen MR) is 72.0 cm³/mol. The standard InChI is InChI=1S/C13H19N3O3/c1-9-3-4-15-13(12(9)14)16-5-6-19-10(8-16)7-11(17)18-2/h3-4,10H,5-8,14H2,1-2H3. The molecule has 1 saturated heterocycles. The van der Waals surface area contributed by atoms with Gasteiger partial charge < -0.3 is 20.1 Å². The molecule has 0 radical (unpaired) electrons. The molecule has 1 aromatic heterocycles. The van der Waals surface area contributed by atoms with Crippen LogP contribution in [0, 0.1) is 6.92 Å². The van der Waals surface area contributed by atoms with Crippen molar-refractivity contribution in [1.29, 1.82) is 0 Å². The maximum atomic E-state index is 11.3. The molecule has 0 bridgehead atoms. The monoisotopic (exact) mass is 265 g/mol. The number of methoxy groups -OCH3 is 1. The molecule has 1 unspecified atom stereocenters. The highest BCUT2D eigenvalue weighted by molar-refractivity contribution is 5.70. The van der Waals surface area contributed by atoms with Gasteiger partial charge in [0.05, 0.1) is 31.9 Å². The Labute approximate surface area is 112 Å². The van der Waals surface area contributed by atoms with Gasteiger partial charge >= 0.3 is 5.97 Å². The highest BCUT2D eigenvalue weighted by Gasteiger charge is 2.25. The topological polar surface area (TPSA) is 77.7 Å². The van der Waals surface area contributed by atoms with Gasteiger partial charge in [-0.2, -0.15) is 0 Å². The zero-order valence-corrected chi connectivity index (χ0v) is 11.3. The molecule has 1 aliphatic heterocycles. The van der Waals surface area contributed by atoms with E-state index in [1.54, 1.807) is 6.20 Å². The number of pyridine rings is 1. The van der Waals surface area contributed by atoms with Crippen molar-refractivity contribution in [3.05, 3.63) is 17.8 Å². The minimum absolute atomic E-state index is 0.178. The summed E-state index contributed by atoms with van der Waals surface area (Å²) in [6.07, 6.45) is 1.81. The number of nitrogens with two attached hydrogens (primary N) is 1. The summed E-state index contributed by atoms with van der Waals surface area (Å²) in [6, 6.07) is 1.88. The second-order valence-electron chi connectivity index (χ2n) is 4.58. The van der Waals surface area contributed by atoms with Crippen molar-refractivity contribution < 1.29 is 14.3 Å². The number of aromatic nitrogens is 1. The van der Waals surface area contributed by atoms with E-state index in [-0.39, 0.29) is 18.5 Å². The van der Waals surface area contributed by atoms with Gasteiger partial charge in [0.1, 0.15) is 0 Å². The minimum atomic E-state index is -0.267. The average molecular weight is 265 g/mol. The summed E-state index contributed by atoms with van der Waals surface area (Å²) in [6.45, 7) is 3.82. The third-order valence-corrected chi connectivity index (χ3v) is 3.25. The Hall–Kier alpha value is -1.82. The Morgan fingerprint density at radius 2 is 2.47 bits per heavy atom. The predicted octanol–water partition coefficient (Wildman–Crippen LogP) is 0.741. The minimum Gasteiger partial charge on any atom is -0.469 e. The van der Waals surface area contributed by atoms with Gasteiger partial charge in [0.2, 0.25) is 0 Å². The van der Waals surface area contributed by atoms with Crippen LogP contribution in [0.25, 0.3) is 0 Å². The van der Waals surface area contributed by atoms with E-state index in [1.807, 2.05) is 13.0 Å². The van der Waals surface area contributed by atoms with E-state index in [9.17, 15) is 4.79 Å². The molecule has 0 amide bonds. The van der Waals surface area contributed by atoms with Crippen LogP contribution in [0.4, 0.5) is 11.5 Å². The molecule has 2 heterocycles. The van der Waals surface area contributed by atoms with Crippen LogP contribution in [0.1, 0.15) is 12.0 Å². The molecular weight excluding hydrogens is 246 g/mol. The molecule has 1 atom stereocenters. The number of ether oxygens (including phenoxy) is 2. The van der Waals surface area contributed by atoms with Crippen LogP contribution < -0.4 is 10.6 Å². The van der Waals surface area contributed by atoms with Crippen LogP contribution in [0.2, 0.25) is 0 Å². The quantitative estimate of drug-likeness (QED) is 0.812. The summed E-state index contributed by atoms with van der Waals surface area (Å²) >= 11 is 0. The van der Waals surface area contributed by atoms with E-state index in [0.29, 0.717) is 18.8 Å². The largest absolute Gasteiger partial charge is 0.469 e. The van der Waals surface area contributed by atoms with Crippen molar-refractivity contribution >= 4 is 17.5 Å². The van der Waals surface area contributed by atoms with Crippen molar-refractivity contribution in [2.24, 2.45) is 0 Å². The van der Waals surface area contributed by atoms with Crippen LogP contribution in [-0.2, 0) is 14.3 Å². The molecule has 19 heavy (non-hydrogen) atoms. The Bertz CT molecular complexity index is 464. The summed E-state index contributed by atoms with van der Waals surface area (Å²) in [5.74, 6) is 0.496. The molecule has 2 N–H and O–H groups in total. The van der Waals surface area contributed by atoms with E-state index in [0.717, 1.165) is 17.9 Å². The van der Waals surface area contributed by atoms with Crippen LogP contribution >= 0.6 is 0 Å². The summed E-state index contributed by atoms with van der Waals surface area (Å²) in [5, 5.41) is 0. The zero-order valence-electron chi connectivity index (χ0n) is 11.3. The number of aryl methyl sites for hydroxylation is 1. The number of carbonyl (C=O) groups is 1. The molecule has 6 heteroatoms. The lowest BCUT2D eigenvalue weighted by Gasteiger charge is -2.34. The smallest absolute Gasteiger partial charge is 0.308 e. The van der Waals surface area contributed by atoms with Crippen LogP contribution in [0.5, 0.6) is 0 Å². The lowest BCUT2D eigenvalue weighted by molar-refractivity contribution is -0.144. The van der Waals surface area contributed by atoms with Crippen molar-refractivity contribution in [3.63, 3.8) is 0 Å². The van der Waals surface area contributed by atoms with Crippen molar-refractivity contribution in [2.45, 2.75) is 19.4 Å². The number of hydrogen-bond acceptors (Lipinski definition) is 6. The van der Waals surface area contributed by atoms with Gasteiger partial charge in [-0.05, 0) is 18.6 Å². The molecule has 0 aliphatic carbocycles. The van der Waals surface area contributed by atoms with Crippen molar-refractivity contribution in [3.8, 4) is 0 Å². The molecule has 6 nitrogen and oxygen atoms in total. The average Bonchev–Trinajstić information content (AvgIpc) is 2.42. The van der Waals surface area contributed by atoms with E-state index in [2.05, 4.69) is 14.6 Å². The van der Waals surface area contributed by atoms with Gasteiger partial charge in [-0.3, -0.25) is 4.79 Å². The Morgan fingerprint density at radius 1 is 1.68 bits per heavy atom. The molecule has 2 rings (SSSR count). The number of morpholine rings is 1. The van der Waals surface area contributed by atoms with E-state index in [1.165, 1.54) is 7.11 Å². The Morgan fingerprint density at radius 3 is 3.21 bits per heavy atom. The molecule has 0 saturated carbocycles. The highest BCUT2D eigenvalue weighted by atomic mass is 16.5. The maximum Gasteiger partial charge on any atom is 0.308 e. The SMILES string of the molecule is COC(=O)CC1CN(c2nccc(C)c2N)CCO1. The highest BCUT2D eigenvalue weighted by Crippen LogP contribution is 2.25. The Kier molecular flexibility index (Phi) is 4.21. The molecule has 1 aromatic rings. The number of hydrogen-bond donors (Lipinski definition) is 1. The molecule has 0 spiro atoms. The van der Waals surface area contributed by atoms with E-state index in [4.69, 9.17) is 10.5 Å². The van der Waals surface area contributed by atoms with Gasteiger partial charge in [0.25, 0.3) is 0 Å². The fourth-order valence-electron chi connectivity index (χ4n) is 2.11. The normalized spacial score (nSPS) is 19.3. The van der Waals surface area contributed by atoms with Crippen LogP contribution in [-0.4, -0.2) is 43.9 Å².